The third-order valence-corrected chi connectivity index (χ3v) is 9.29. The second-order valence-electron chi connectivity index (χ2n) is 7.24. The van der Waals surface area contributed by atoms with Crippen LogP contribution in [0.4, 0.5) is 0 Å². The van der Waals surface area contributed by atoms with Gasteiger partial charge >= 0.3 is 0 Å². The Bertz CT molecular complexity index is 341. The maximum Gasteiger partial charge on any atom is 0.192 e. The molecule has 0 aromatic heterocycles. The van der Waals surface area contributed by atoms with E-state index >= 15 is 0 Å². The Morgan fingerprint density at radius 1 is 1.25 bits per heavy atom. The van der Waals surface area contributed by atoms with Crippen LogP contribution in [0.5, 0.6) is 0 Å². The van der Waals surface area contributed by atoms with Crippen LogP contribution in [0.3, 0.4) is 0 Å². The molecule has 5 nitrogen and oxygen atoms in total. The van der Waals surface area contributed by atoms with E-state index in [1.54, 1.807) is 7.11 Å². The number of hydrogen-bond donors (Lipinski definition) is 1. The van der Waals surface area contributed by atoms with Gasteiger partial charge in [0.2, 0.25) is 0 Å². The van der Waals surface area contributed by atoms with E-state index in [1.807, 2.05) is 0 Å². The topological polar surface area (TPSA) is 57.2 Å². The highest BCUT2D eigenvalue weighted by molar-refractivity contribution is 6.74. The van der Waals surface area contributed by atoms with Gasteiger partial charge in [-0.1, -0.05) is 20.8 Å². The monoisotopic (exact) mass is 304 g/mol. The lowest BCUT2D eigenvalue weighted by Crippen LogP contribution is -2.50. The normalized spacial score (nSPS) is 38.2. The number of ether oxygens (including phenoxy) is 3. The van der Waals surface area contributed by atoms with Crippen LogP contribution in [0.25, 0.3) is 0 Å². The Kier molecular flexibility index (Phi) is 4.64. The SMILES string of the molecule is COC1C[C@H]2O[C@H](CO)[C@@H](O[Si](C)(C)C(C)(C)C)[C@H]2O1. The predicted octanol–water partition coefficient (Wildman–Crippen LogP) is 1.90. The lowest BCUT2D eigenvalue weighted by atomic mass is 10.1. The minimum atomic E-state index is -1.93. The molecule has 20 heavy (non-hydrogen) atoms. The first-order valence-corrected chi connectivity index (χ1v) is 10.2. The number of hydrogen-bond acceptors (Lipinski definition) is 5. The molecule has 1 N–H and O–H groups in total. The molecule has 2 aliphatic heterocycles. The van der Waals surface area contributed by atoms with E-state index < -0.39 is 8.32 Å². The first-order chi connectivity index (χ1) is 9.19. The van der Waals surface area contributed by atoms with Crippen LogP contribution in [-0.4, -0.2) is 57.8 Å². The molecule has 0 radical (unpaired) electrons. The van der Waals surface area contributed by atoms with Crippen LogP contribution < -0.4 is 0 Å². The molecular formula is C14H28O5Si. The summed E-state index contributed by atoms with van der Waals surface area (Å²) in [7, 11) is -0.294. The first-order valence-electron chi connectivity index (χ1n) is 7.32. The summed E-state index contributed by atoms with van der Waals surface area (Å²) >= 11 is 0. The fourth-order valence-electron chi connectivity index (χ4n) is 2.54. The highest BCUT2D eigenvalue weighted by Crippen LogP contribution is 2.42. The van der Waals surface area contributed by atoms with Crippen molar-refractivity contribution >= 4 is 8.32 Å². The van der Waals surface area contributed by atoms with Gasteiger partial charge in [-0.05, 0) is 18.1 Å². The molecule has 2 rings (SSSR count). The molecule has 0 aromatic rings. The third kappa shape index (κ3) is 2.96. The molecular weight excluding hydrogens is 276 g/mol. The molecule has 0 bridgehead atoms. The second kappa shape index (κ2) is 5.66. The van der Waals surface area contributed by atoms with Crippen molar-refractivity contribution in [2.24, 2.45) is 0 Å². The molecule has 6 heteroatoms. The quantitative estimate of drug-likeness (QED) is 0.804. The van der Waals surface area contributed by atoms with E-state index in [4.69, 9.17) is 18.6 Å². The molecule has 0 saturated carbocycles. The van der Waals surface area contributed by atoms with Crippen LogP contribution in [0.2, 0.25) is 18.1 Å². The molecule has 118 valence electrons. The van der Waals surface area contributed by atoms with Gasteiger partial charge in [-0.2, -0.15) is 0 Å². The van der Waals surface area contributed by atoms with Crippen LogP contribution in [0.15, 0.2) is 0 Å². The molecule has 1 unspecified atom stereocenters. The average molecular weight is 304 g/mol. The van der Waals surface area contributed by atoms with Gasteiger partial charge in [-0.3, -0.25) is 0 Å². The zero-order valence-corrected chi connectivity index (χ0v) is 14.4. The molecule has 0 spiro atoms. The van der Waals surface area contributed by atoms with Gasteiger partial charge in [0.1, 0.15) is 18.3 Å². The summed E-state index contributed by atoms with van der Waals surface area (Å²) in [4.78, 5) is 0. The van der Waals surface area contributed by atoms with Crippen molar-refractivity contribution < 1.29 is 23.7 Å². The Balaban J connectivity index is 2.12. The Morgan fingerprint density at radius 2 is 1.90 bits per heavy atom. The largest absolute Gasteiger partial charge is 0.408 e. The number of fused-ring (bicyclic) bond motifs is 1. The predicted molar refractivity (Wildman–Crippen MR) is 78.1 cm³/mol. The molecule has 5 atom stereocenters. The summed E-state index contributed by atoms with van der Waals surface area (Å²) in [5.41, 5.74) is 0. The number of aliphatic hydroxyl groups excluding tert-OH is 1. The van der Waals surface area contributed by atoms with Gasteiger partial charge < -0.3 is 23.7 Å². The standard InChI is InChI=1S/C14H28O5Si/c1-14(2,3)20(5,6)19-13-10(8-15)17-9-7-11(16-4)18-12(9)13/h9-13,15H,7-8H2,1-6H3/t9-,10-,11?,12+,13-/m1/s1. The summed E-state index contributed by atoms with van der Waals surface area (Å²) in [6.45, 7) is 11.0. The molecule has 0 amide bonds. The maximum atomic E-state index is 9.54. The zero-order chi connectivity index (χ0) is 15.1. The van der Waals surface area contributed by atoms with Crippen LogP contribution in [0, 0.1) is 0 Å². The van der Waals surface area contributed by atoms with Crippen LogP contribution in [0.1, 0.15) is 27.2 Å². The number of rotatable bonds is 4. The highest BCUT2D eigenvalue weighted by atomic mass is 28.4. The molecule has 2 saturated heterocycles. The van der Waals surface area contributed by atoms with E-state index in [0.717, 1.165) is 0 Å². The summed E-state index contributed by atoms with van der Waals surface area (Å²) in [5.74, 6) is 0. The molecule has 0 aromatic carbocycles. The van der Waals surface area contributed by atoms with E-state index in [0.29, 0.717) is 6.42 Å². The lowest BCUT2D eigenvalue weighted by molar-refractivity contribution is -0.139. The number of methoxy groups -OCH3 is 1. The smallest absolute Gasteiger partial charge is 0.192 e. The molecule has 0 aliphatic carbocycles. The van der Waals surface area contributed by atoms with Gasteiger partial charge in [0, 0.05) is 13.5 Å². The minimum absolute atomic E-state index is 0.0344. The summed E-state index contributed by atoms with van der Waals surface area (Å²) in [5, 5.41) is 9.65. The Labute approximate surface area is 122 Å². The van der Waals surface area contributed by atoms with Crippen molar-refractivity contribution in [2.45, 2.75) is 76.0 Å². The van der Waals surface area contributed by atoms with Crippen molar-refractivity contribution in [3.63, 3.8) is 0 Å². The summed E-state index contributed by atoms with van der Waals surface area (Å²) in [6.07, 6.45) is -0.189. The fraction of sp³-hybridized carbons (Fsp3) is 1.00. The van der Waals surface area contributed by atoms with Crippen molar-refractivity contribution in [2.75, 3.05) is 13.7 Å². The van der Waals surface area contributed by atoms with Gasteiger partial charge in [-0.25, -0.2) is 0 Å². The Morgan fingerprint density at radius 3 is 2.40 bits per heavy atom. The van der Waals surface area contributed by atoms with Crippen molar-refractivity contribution in [3.8, 4) is 0 Å². The summed E-state index contributed by atoms with van der Waals surface area (Å²) < 4.78 is 23.5. The Hall–Kier alpha value is 0.0169. The van der Waals surface area contributed by atoms with Crippen molar-refractivity contribution in [1.82, 2.24) is 0 Å². The van der Waals surface area contributed by atoms with E-state index in [9.17, 15) is 5.11 Å². The lowest BCUT2D eigenvalue weighted by Gasteiger charge is -2.40. The minimum Gasteiger partial charge on any atom is -0.408 e. The number of aliphatic hydroxyl groups is 1. The van der Waals surface area contributed by atoms with E-state index in [2.05, 4.69) is 33.9 Å². The average Bonchev–Trinajstić information content (AvgIpc) is 2.86. The van der Waals surface area contributed by atoms with Gasteiger partial charge in [0.05, 0.1) is 12.7 Å². The van der Waals surface area contributed by atoms with E-state index in [1.165, 1.54) is 0 Å². The molecule has 2 aliphatic rings. The van der Waals surface area contributed by atoms with Crippen LogP contribution >= 0.6 is 0 Å². The maximum absolute atomic E-state index is 9.54. The van der Waals surface area contributed by atoms with Gasteiger partial charge in [0.15, 0.2) is 14.6 Å². The van der Waals surface area contributed by atoms with Gasteiger partial charge in [0.25, 0.3) is 0 Å². The molecule has 2 heterocycles. The third-order valence-electron chi connectivity index (χ3n) is 4.82. The fourth-order valence-corrected chi connectivity index (χ4v) is 3.86. The van der Waals surface area contributed by atoms with Gasteiger partial charge in [-0.15, -0.1) is 0 Å². The second-order valence-corrected chi connectivity index (χ2v) is 12.0. The summed E-state index contributed by atoms with van der Waals surface area (Å²) in [6, 6.07) is 0. The van der Waals surface area contributed by atoms with Crippen molar-refractivity contribution in [3.05, 3.63) is 0 Å². The van der Waals surface area contributed by atoms with E-state index in [-0.39, 0.29) is 42.4 Å². The van der Waals surface area contributed by atoms with Crippen molar-refractivity contribution in [1.29, 1.82) is 0 Å². The molecule has 2 fully saturated rings. The first kappa shape index (κ1) is 16.4. The zero-order valence-electron chi connectivity index (χ0n) is 13.4. The van der Waals surface area contributed by atoms with Crippen LogP contribution in [-0.2, 0) is 18.6 Å². The highest BCUT2D eigenvalue weighted by Gasteiger charge is 2.54.